The first-order valence-electron chi connectivity index (χ1n) is 7.10. The lowest BCUT2D eigenvalue weighted by atomic mass is 10.1. The van der Waals surface area contributed by atoms with E-state index in [4.69, 9.17) is 17.8 Å². The first-order chi connectivity index (χ1) is 11.1. The van der Waals surface area contributed by atoms with E-state index in [1.54, 1.807) is 25.1 Å². The lowest BCUT2D eigenvalue weighted by molar-refractivity contribution is -0.152. The molecule has 0 aliphatic heterocycles. The molecule has 7 nitrogen and oxygen atoms in total. The highest BCUT2D eigenvalue weighted by molar-refractivity contribution is 6.19. The highest BCUT2D eigenvalue weighted by atomic mass is 16.5. The van der Waals surface area contributed by atoms with Crippen molar-refractivity contribution in [2.75, 3.05) is 0 Å². The zero-order valence-corrected chi connectivity index (χ0v) is 14.0. The van der Waals surface area contributed by atoms with Crippen LogP contribution in [0, 0.1) is 6.92 Å². The lowest BCUT2D eigenvalue weighted by Crippen LogP contribution is -2.38. The van der Waals surface area contributed by atoms with E-state index in [2.05, 4.69) is 5.32 Å². The molecule has 0 saturated heterocycles. The van der Waals surface area contributed by atoms with Gasteiger partial charge >= 0.3 is 5.97 Å². The first-order valence-corrected chi connectivity index (χ1v) is 7.10. The molecular formula is C16H19BN2O5. The van der Waals surface area contributed by atoms with Crippen LogP contribution in [0.3, 0.4) is 0 Å². The molecule has 1 rings (SSSR count). The molecule has 0 heterocycles. The summed E-state index contributed by atoms with van der Waals surface area (Å²) >= 11 is 0. The maximum Gasteiger partial charge on any atom is 0.347 e. The van der Waals surface area contributed by atoms with Gasteiger partial charge < -0.3 is 20.4 Å². The quantitative estimate of drug-likeness (QED) is 0.531. The number of hydrogen-bond donors (Lipinski definition) is 3. The zero-order chi connectivity index (χ0) is 18.5. The number of hydrogen-bond acceptors (Lipinski definition) is 4. The fraction of sp³-hybridized carbons (Fsp3) is 0.312. The number of aryl methyl sites for hydroxylation is 1. The van der Waals surface area contributed by atoms with Crippen molar-refractivity contribution in [3.63, 3.8) is 0 Å². The van der Waals surface area contributed by atoms with Crippen LogP contribution < -0.4 is 15.3 Å². The highest BCUT2D eigenvalue weighted by Gasteiger charge is 2.29. The molecule has 0 spiro atoms. The lowest BCUT2D eigenvalue weighted by Gasteiger charge is -2.22. The summed E-state index contributed by atoms with van der Waals surface area (Å²) in [6.07, 6.45) is 1.45. The Morgan fingerprint density at radius 2 is 1.92 bits per heavy atom. The smallest absolute Gasteiger partial charge is 0.347 e. The van der Waals surface area contributed by atoms with E-state index < -0.39 is 23.4 Å². The molecule has 1 aromatic rings. The minimum atomic E-state index is -1.37. The average molecular weight is 330 g/mol. The van der Waals surface area contributed by atoms with Crippen molar-refractivity contribution in [2.45, 2.75) is 33.3 Å². The molecule has 8 heteroatoms. The Hall–Kier alpha value is -2.77. The van der Waals surface area contributed by atoms with Crippen LogP contribution in [0.5, 0.6) is 5.75 Å². The molecule has 0 fully saturated rings. The van der Waals surface area contributed by atoms with Gasteiger partial charge in [-0.2, -0.15) is 0 Å². The molecule has 0 atom stereocenters. The molecule has 0 bridgehead atoms. The monoisotopic (exact) mass is 330 g/mol. The molecule has 126 valence electrons. The Labute approximate surface area is 141 Å². The number of carbonyl (C=O) groups excluding carboxylic acids is 2. The van der Waals surface area contributed by atoms with Crippen molar-refractivity contribution in [1.82, 2.24) is 10.5 Å². The van der Waals surface area contributed by atoms with Crippen LogP contribution in [0.25, 0.3) is 6.08 Å². The molecule has 0 aliphatic rings. The Bertz CT molecular complexity index is 698. The van der Waals surface area contributed by atoms with E-state index in [0.717, 1.165) is 0 Å². The predicted molar refractivity (Wildman–Crippen MR) is 89.2 cm³/mol. The molecule has 0 unspecified atom stereocenters. The van der Waals surface area contributed by atoms with Crippen molar-refractivity contribution in [3.8, 4) is 5.75 Å². The van der Waals surface area contributed by atoms with E-state index in [9.17, 15) is 14.4 Å². The van der Waals surface area contributed by atoms with Gasteiger partial charge in [0, 0.05) is 6.92 Å². The molecule has 2 amide bonds. The van der Waals surface area contributed by atoms with Crippen molar-refractivity contribution in [3.05, 3.63) is 35.0 Å². The topological polar surface area (TPSA) is 105 Å². The van der Waals surface area contributed by atoms with Gasteiger partial charge in [-0.25, -0.2) is 4.79 Å². The Kier molecular flexibility index (Phi) is 6.17. The zero-order valence-electron chi connectivity index (χ0n) is 14.0. The Balaban J connectivity index is 3.13. The van der Waals surface area contributed by atoms with Crippen LogP contribution in [0.15, 0.2) is 23.9 Å². The van der Waals surface area contributed by atoms with Crippen LogP contribution in [0.1, 0.15) is 31.9 Å². The number of ether oxygens (including phenoxy) is 1. The van der Waals surface area contributed by atoms with Crippen molar-refractivity contribution >= 4 is 31.8 Å². The molecule has 0 aliphatic carbocycles. The van der Waals surface area contributed by atoms with Gasteiger partial charge in [-0.1, -0.05) is 6.07 Å². The average Bonchev–Trinajstić information content (AvgIpc) is 2.47. The van der Waals surface area contributed by atoms with Gasteiger partial charge in [-0.15, -0.1) is 0 Å². The Morgan fingerprint density at radius 1 is 1.29 bits per heavy atom. The van der Waals surface area contributed by atoms with Crippen LogP contribution >= 0.6 is 0 Å². The van der Waals surface area contributed by atoms with Crippen molar-refractivity contribution < 1.29 is 24.2 Å². The van der Waals surface area contributed by atoms with E-state index in [1.807, 2.05) is 5.23 Å². The van der Waals surface area contributed by atoms with Gasteiger partial charge in [0.05, 0.1) is 0 Å². The largest absolute Gasteiger partial charge is 0.478 e. The van der Waals surface area contributed by atoms with Gasteiger partial charge in [-0.05, 0) is 50.1 Å². The Morgan fingerprint density at radius 3 is 2.38 bits per heavy atom. The second-order valence-corrected chi connectivity index (χ2v) is 5.66. The summed E-state index contributed by atoms with van der Waals surface area (Å²) in [5, 5.41) is 13.4. The summed E-state index contributed by atoms with van der Waals surface area (Å²) in [6.45, 7) is 5.91. The summed E-state index contributed by atoms with van der Waals surface area (Å²) in [5.41, 5.74) is -0.0965. The molecule has 3 N–H and O–H groups in total. The van der Waals surface area contributed by atoms with Crippen LogP contribution in [-0.2, 0) is 14.4 Å². The number of benzene rings is 1. The summed E-state index contributed by atoms with van der Waals surface area (Å²) < 4.78 is 5.50. The maximum atomic E-state index is 11.7. The predicted octanol–water partition coefficient (Wildman–Crippen LogP) is 0.914. The number of amides is 2. The van der Waals surface area contributed by atoms with Crippen LogP contribution in [0.2, 0.25) is 0 Å². The number of carboxylic acids is 1. The minimum Gasteiger partial charge on any atom is -0.478 e. The van der Waals surface area contributed by atoms with Crippen molar-refractivity contribution in [2.24, 2.45) is 0 Å². The highest BCUT2D eigenvalue weighted by Crippen LogP contribution is 2.25. The number of rotatable bonds is 6. The third-order valence-electron chi connectivity index (χ3n) is 3.08. The number of carboxylic acid groups (broad SMARTS) is 1. The van der Waals surface area contributed by atoms with E-state index in [0.29, 0.717) is 16.9 Å². The SMILES string of the molecule is [B]NC(=O)/C(=C/c1ccc(OC(C)(C)C(=O)O)c(C)c1)NC(C)=O. The molecule has 0 aromatic heterocycles. The fourth-order valence-corrected chi connectivity index (χ4v) is 1.79. The molecule has 24 heavy (non-hydrogen) atoms. The summed E-state index contributed by atoms with van der Waals surface area (Å²) in [6, 6.07) is 4.92. The van der Waals surface area contributed by atoms with Gasteiger partial charge in [0.1, 0.15) is 11.4 Å². The van der Waals surface area contributed by atoms with Gasteiger partial charge in [0.2, 0.25) is 13.9 Å². The number of nitrogens with one attached hydrogen (secondary N) is 2. The van der Waals surface area contributed by atoms with Crippen LogP contribution in [0.4, 0.5) is 0 Å². The van der Waals surface area contributed by atoms with Crippen molar-refractivity contribution in [1.29, 1.82) is 0 Å². The normalized spacial score (nSPS) is 11.6. The molecule has 0 saturated carbocycles. The number of carbonyl (C=O) groups is 3. The summed E-state index contributed by atoms with van der Waals surface area (Å²) in [4.78, 5) is 33.9. The second-order valence-electron chi connectivity index (χ2n) is 5.66. The second kappa shape index (κ2) is 7.67. The van der Waals surface area contributed by atoms with Gasteiger partial charge in [0.25, 0.3) is 5.91 Å². The van der Waals surface area contributed by atoms with E-state index in [-0.39, 0.29) is 5.70 Å². The van der Waals surface area contributed by atoms with Crippen LogP contribution in [-0.4, -0.2) is 36.5 Å². The standard InChI is InChI=1S/C16H19BN2O5/c1-9-7-11(8-12(14(21)19-17)18-10(2)20)5-6-13(9)24-16(3,4)15(22)23/h5-8H,1-4H3,(H,18,20)(H,19,21)(H,22,23)/b12-8-. The van der Waals surface area contributed by atoms with E-state index >= 15 is 0 Å². The molecule has 1 aromatic carbocycles. The molecular weight excluding hydrogens is 311 g/mol. The van der Waals surface area contributed by atoms with E-state index in [1.165, 1.54) is 26.8 Å². The third kappa shape index (κ3) is 5.15. The molecule has 2 radical (unpaired) electrons. The minimum absolute atomic E-state index is 0.0102. The van der Waals surface area contributed by atoms with Gasteiger partial charge in [-0.3, -0.25) is 9.59 Å². The fourth-order valence-electron chi connectivity index (χ4n) is 1.79. The summed E-state index contributed by atoms with van der Waals surface area (Å²) in [7, 11) is 5.09. The first kappa shape index (κ1) is 19.3. The maximum absolute atomic E-state index is 11.7. The third-order valence-corrected chi connectivity index (χ3v) is 3.08. The number of aliphatic carboxylic acids is 1. The van der Waals surface area contributed by atoms with Gasteiger partial charge in [0.15, 0.2) is 5.60 Å². The summed E-state index contributed by atoms with van der Waals surface area (Å²) in [5.74, 6) is -1.73.